The number of allylic oxidation sites excluding steroid dienone is 6. The Hall–Kier alpha value is -1.28. The van der Waals surface area contributed by atoms with Crippen molar-refractivity contribution < 1.29 is 10.2 Å². The van der Waals surface area contributed by atoms with Crippen molar-refractivity contribution in [3.8, 4) is 0 Å². The molecule has 2 nitrogen and oxygen atoms in total. The van der Waals surface area contributed by atoms with E-state index in [1.54, 1.807) is 0 Å². The van der Waals surface area contributed by atoms with E-state index in [1.165, 1.54) is 24.0 Å². The molecule has 0 fully saturated rings. The standard InChI is InChI=1S/C21H34O2/c1-5-6-7-8-18(11-12-22)14-20(23)15-19-13-17(4)9-10-21(19)16(2)3/h11,13-14,19,21-23H,2,5-10,12,15H2,1,3-4H3/b18-11-,20-14+. The van der Waals surface area contributed by atoms with Crippen LogP contribution < -0.4 is 0 Å². The van der Waals surface area contributed by atoms with Gasteiger partial charge in [-0.1, -0.05) is 49.6 Å². The third-order valence-electron chi connectivity index (χ3n) is 4.72. The van der Waals surface area contributed by atoms with Gasteiger partial charge in [0.1, 0.15) is 0 Å². The fourth-order valence-corrected chi connectivity index (χ4v) is 3.42. The quantitative estimate of drug-likeness (QED) is 0.242. The Morgan fingerprint density at radius 1 is 1.39 bits per heavy atom. The van der Waals surface area contributed by atoms with Crippen molar-refractivity contribution in [3.63, 3.8) is 0 Å². The molecule has 1 aliphatic rings. The van der Waals surface area contributed by atoms with E-state index in [2.05, 4.69) is 33.4 Å². The monoisotopic (exact) mass is 318 g/mol. The molecule has 0 heterocycles. The third kappa shape index (κ3) is 7.22. The van der Waals surface area contributed by atoms with Gasteiger partial charge >= 0.3 is 0 Å². The van der Waals surface area contributed by atoms with Crippen molar-refractivity contribution in [2.75, 3.05) is 6.61 Å². The molecule has 0 amide bonds. The van der Waals surface area contributed by atoms with E-state index in [1.807, 2.05) is 12.2 Å². The van der Waals surface area contributed by atoms with Crippen LogP contribution in [0, 0.1) is 11.8 Å². The van der Waals surface area contributed by atoms with E-state index in [4.69, 9.17) is 5.11 Å². The van der Waals surface area contributed by atoms with Gasteiger partial charge < -0.3 is 10.2 Å². The average Bonchev–Trinajstić information content (AvgIpc) is 2.47. The highest BCUT2D eigenvalue weighted by molar-refractivity contribution is 5.23. The third-order valence-corrected chi connectivity index (χ3v) is 4.72. The van der Waals surface area contributed by atoms with E-state index in [0.29, 0.717) is 24.0 Å². The van der Waals surface area contributed by atoms with Crippen molar-refractivity contribution in [2.45, 2.75) is 65.7 Å². The lowest BCUT2D eigenvalue weighted by atomic mass is 9.76. The highest BCUT2D eigenvalue weighted by atomic mass is 16.3. The predicted octanol–water partition coefficient (Wildman–Crippen LogP) is 5.87. The van der Waals surface area contributed by atoms with Crippen molar-refractivity contribution in [1.29, 1.82) is 0 Å². The van der Waals surface area contributed by atoms with Crippen molar-refractivity contribution in [3.05, 3.63) is 47.3 Å². The second-order valence-electron chi connectivity index (χ2n) is 6.93. The van der Waals surface area contributed by atoms with Crippen LogP contribution in [0.25, 0.3) is 0 Å². The summed E-state index contributed by atoms with van der Waals surface area (Å²) in [6, 6.07) is 0. The zero-order valence-corrected chi connectivity index (χ0v) is 15.1. The molecule has 0 aromatic rings. The second kappa shape index (κ2) is 10.5. The lowest BCUT2D eigenvalue weighted by Crippen LogP contribution is -2.19. The summed E-state index contributed by atoms with van der Waals surface area (Å²) in [4.78, 5) is 0. The zero-order chi connectivity index (χ0) is 17.2. The highest BCUT2D eigenvalue weighted by Gasteiger charge is 2.25. The van der Waals surface area contributed by atoms with Crippen LogP contribution in [0.5, 0.6) is 0 Å². The summed E-state index contributed by atoms with van der Waals surface area (Å²) in [5.41, 5.74) is 3.66. The number of hydrogen-bond acceptors (Lipinski definition) is 2. The van der Waals surface area contributed by atoms with Gasteiger partial charge in [-0.3, -0.25) is 0 Å². The Kier molecular flexibility index (Phi) is 9.01. The summed E-state index contributed by atoms with van der Waals surface area (Å²) >= 11 is 0. The predicted molar refractivity (Wildman–Crippen MR) is 99.4 cm³/mol. The first-order chi connectivity index (χ1) is 11.0. The maximum atomic E-state index is 10.4. The number of hydrogen-bond donors (Lipinski definition) is 2. The maximum Gasteiger partial charge on any atom is 0.0931 e. The van der Waals surface area contributed by atoms with E-state index in [-0.39, 0.29) is 6.61 Å². The summed E-state index contributed by atoms with van der Waals surface area (Å²) in [7, 11) is 0. The molecule has 0 bridgehead atoms. The molecular weight excluding hydrogens is 284 g/mol. The molecule has 0 aromatic heterocycles. The molecule has 130 valence electrons. The highest BCUT2D eigenvalue weighted by Crippen LogP contribution is 2.36. The average molecular weight is 319 g/mol. The normalized spacial score (nSPS) is 22.9. The van der Waals surface area contributed by atoms with Gasteiger partial charge in [0.15, 0.2) is 0 Å². The second-order valence-corrected chi connectivity index (χ2v) is 6.93. The number of aliphatic hydroxyl groups excluding tert-OH is 2. The number of aliphatic hydroxyl groups is 2. The molecule has 2 unspecified atom stereocenters. The molecule has 0 spiro atoms. The fraction of sp³-hybridized carbons (Fsp3) is 0.619. The lowest BCUT2D eigenvalue weighted by molar-refractivity contribution is 0.320. The molecule has 23 heavy (non-hydrogen) atoms. The Morgan fingerprint density at radius 2 is 2.13 bits per heavy atom. The molecule has 2 N–H and O–H groups in total. The topological polar surface area (TPSA) is 40.5 Å². The Morgan fingerprint density at radius 3 is 2.74 bits per heavy atom. The Balaban J connectivity index is 2.76. The van der Waals surface area contributed by atoms with Crippen LogP contribution >= 0.6 is 0 Å². The van der Waals surface area contributed by atoms with Crippen LogP contribution in [0.2, 0.25) is 0 Å². The molecule has 0 aromatic carbocycles. The summed E-state index contributed by atoms with van der Waals surface area (Å²) in [6.07, 6.45) is 13.3. The zero-order valence-electron chi connectivity index (χ0n) is 15.1. The molecule has 0 saturated heterocycles. The van der Waals surface area contributed by atoms with Crippen LogP contribution in [0.15, 0.2) is 47.3 Å². The molecule has 0 radical (unpaired) electrons. The minimum Gasteiger partial charge on any atom is -0.512 e. The minimum absolute atomic E-state index is 0.0298. The van der Waals surface area contributed by atoms with Gasteiger partial charge in [-0.2, -0.15) is 0 Å². The van der Waals surface area contributed by atoms with Gasteiger partial charge in [-0.25, -0.2) is 0 Å². The van der Waals surface area contributed by atoms with E-state index in [9.17, 15) is 5.11 Å². The van der Waals surface area contributed by atoms with Gasteiger partial charge in [0.25, 0.3) is 0 Å². The van der Waals surface area contributed by atoms with Crippen LogP contribution in [0.4, 0.5) is 0 Å². The SMILES string of the molecule is C=C(C)C1CCC(C)=CC1C/C(O)=C\C(=C/CO)CCCCC. The van der Waals surface area contributed by atoms with Crippen molar-refractivity contribution in [1.82, 2.24) is 0 Å². The largest absolute Gasteiger partial charge is 0.512 e. The van der Waals surface area contributed by atoms with Crippen LogP contribution in [0.1, 0.15) is 65.7 Å². The summed E-state index contributed by atoms with van der Waals surface area (Å²) in [5.74, 6) is 1.21. The molecule has 2 heteroatoms. The van der Waals surface area contributed by atoms with Crippen molar-refractivity contribution >= 4 is 0 Å². The van der Waals surface area contributed by atoms with Gasteiger partial charge in [-0.15, -0.1) is 0 Å². The van der Waals surface area contributed by atoms with Gasteiger partial charge in [0.05, 0.1) is 12.4 Å². The molecular formula is C21H34O2. The molecule has 1 rings (SSSR count). The first-order valence-electron chi connectivity index (χ1n) is 9.00. The molecule has 2 atom stereocenters. The minimum atomic E-state index is 0.0298. The molecule has 0 aliphatic heterocycles. The van der Waals surface area contributed by atoms with Crippen LogP contribution in [0.3, 0.4) is 0 Å². The first-order valence-corrected chi connectivity index (χ1v) is 9.00. The van der Waals surface area contributed by atoms with Crippen LogP contribution in [-0.4, -0.2) is 16.8 Å². The van der Waals surface area contributed by atoms with Gasteiger partial charge in [0, 0.05) is 6.42 Å². The smallest absolute Gasteiger partial charge is 0.0931 e. The van der Waals surface area contributed by atoms with Crippen molar-refractivity contribution in [2.24, 2.45) is 11.8 Å². The lowest BCUT2D eigenvalue weighted by Gasteiger charge is -2.30. The van der Waals surface area contributed by atoms with Gasteiger partial charge in [-0.05, 0) is 63.0 Å². The van der Waals surface area contributed by atoms with E-state index in [0.717, 1.165) is 31.3 Å². The Labute approximate surface area is 142 Å². The fourth-order valence-electron chi connectivity index (χ4n) is 3.42. The molecule has 0 saturated carbocycles. The van der Waals surface area contributed by atoms with E-state index >= 15 is 0 Å². The maximum absolute atomic E-state index is 10.4. The summed E-state index contributed by atoms with van der Waals surface area (Å²) < 4.78 is 0. The summed E-state index contributed by atoms with van der Waals surface area (Å²) in [6.45, 7) is 10.6. The number of unbranched alkanes of at least 4 members (excludes halogenated alkanes) is 2. The van der Waals surface area contributed by atoms with Gasteiger partial charge in [0.2, 0.25) is 0 Å². The Bertz CT molecular complexity index is 468. The number of rotatable bonds is 9. The molecule has 1 aliphatic carbocycles. The summed E-state index contributed by atoms with van der Waals surface area (Å²) in [5, 5.41) is 19.6. The first kappa shape index (κ1) is 19.8. The van der Waals surface area contributed by atoms with Crippen LogP contribution in [-0.2, 0) is 0 Å². The van der Waals surface area contributed by atoms with E-state index < -0.39 is 0 Å².